The summed E-state index contributed by atoms with van der Waals surface area (Å²) in [5.74, 6) is 1.71. The van der Waals surface area contributed by atoms with Crippen molar-refractivity contribution in [1.82, 2.24) is 15.1 Å². The molecule has 1 aromatic rings. The topological polar surface area (TPSA) is 61.9 Å². The molecule has 0 bridgehead atoms. The first kappa shape index (κ1) is 22.6. The number of nitrogens with one attached hydrogen (secondary N) is 1. The molecule has 1 aliphatic carbocycles. The van der Waals surface area contributed by atoms with Gasteiger partial charge in [-0.15, -0.1) is 0 Å². The molecule has 2 atom stereocenters. The molecule has 1 saturated heterocycles. The van der Waals surface area contributed by atoms with E-state index in [0.29, 0.717) is 36.2 Å². The zero-order valence-electron chi connectivity index (χ0n) is 18.7. The molecule has 1 saturated carbocycles. The van der Waals surface area contributed by atoms with E-state index in [4.69, 9.17) is 4.74 Å². The highest BCUT2D eigenvalue weighted by Crippen LogP contribution is 2.31. The Morgan fingerprint density at radius 1 is 1.13 bits per heavy atom. The van der Waals surface area contributed by atoms with Gasteiger partial charge in [-0.1, -0.05) is 45.2 Å². The first-order valence-electron chi connectivity index (χ1n) is 11.5. The highest BCUT2D eigenvalue weighted by atomic mass is 16.5. The third kappa shape index (κ3) is 5.34. The molecule has 0 aromatic heterocycles. The quantitative estimate of drug-likeness (QED) is 0.708. The van der Waals surface area contributed by atoms with Crippen LogP contribution in [0.2, 0.25) is 0 Å². The lowest BCUT2D eigenvalue weighted by Crippen LogP contribution is -2.58. The Hall–Kier alpha value is -2.08. The molecule has 2 unspecified atom stereocenters. The number of amides is 2. The minimum absolute atomic E-state index is 0.00531. The molecule has 2 amide bonds. The second-order valence-corrected chi connectivity index (χ2v) is 8.78. The summed E-state index contributed by atoms with van der Waals surface area (Å²) < 4.78 is 5.36. The number of hydrogen-bond acceptors (Lipinski definition) is 4. The maximum Gasteiger partial charge on any atom is 0.257 e. The second kappa shape index (κ2) is 10.8. The van der Waals surface area contributed by atoms with Gasteiger partial charge in [0.15, 0.2) is 0 Å². The highest BCUT2D eigenvalue weighted by Gasteiger charge is 2.37. The van der Waals surface area contributed by atoms with E-state index in [9.17, 15) is 9.59 Å². The fourth-order valence-corrected chi connectivity index (χ4v) is 4.67. The van der Waals surface area contributed by atoms with E-state index in [2.05, 4.69) is 24.1 Å². The average molecular weight is 416 g/mol. The number of hydrogen-bond donors (Lipinski definition) is 1. The number of carbonyl (C=O) groups is 2. The molecular formula is C24H37N3O3. The number of methoxy groups -OCH3 is 1. The molecule has 1 heterocycles. The third-order valence-electron chi connectivity index (χ3n) is 6.77. The normalized spacial score (nSPS) is 20.0. The van der Waals surface area contributed by atoms with Gasteiger partial charge in [-0.2, -0.15) is 0 Å². The van der Waals surface area contributed by atoms with Gasteiger partial charge in [-0.3, -0.25) is 14.5 Å². The van der Waals surface area contributed by atoms with Crippen LogP contribution in [0.3, 0.4) is 0 Å². The minimum Gasteiger partial charge on any atom is -0.496 e. The van der Waals surface area contributed by atoms with Crippen LogP contribution in [0.1, 0.15) is 56.3 Å². The fourth-order valence-electron chi connectivity index (χ4n) is 4.67. The van der Waals surface area contributed by atoms with Crippen molar-refractivity contribution in [2.75, 3.05) is 39.8 Å². The zero-order chi connectivity index (χ0) is 21.5. The summed E-state index contributed by atoms with van der Waals surface area (Å²) in [6, 6.07) is 7.31. The largest absolute Gasteiger partial charge is 0.496 e. The SMILES string of the molecule is CCC(C)CNC(=O)C(C1CCCC1)N1CCN(C(=O)c2ccccc2OC)CC1. The van der Waals surface area contributed by atoms with Crippen molar-refractivity contribution in [3.05, 3.63) is 29.8 Å². The summed E-state index contributed by atoms with van der Waals surface area (Å²) in [5.41, 5.74) is 0.604. The van der Waals surface area contributed by atoms with Crippen LogP contribution in [0.15, 0.2) is 24.3 Å². The summed E-state index contributed by atoms with van der Waals surface area (Å²) in [6.07, 6.45) is 5.75. The summed E-state index contributed by atoms with van der Waals surface area (Å²) in [5, 5.41) is 3.20. The van der Waals surface area contributed by atoms with E-state index in [1.54, 1.807) is 7.11 Å². The van der Waals surface area contributed by atoms with Crippen LogP contribution in [-0.4, -0.2) is 67.5 Å². The maximum atomic E-state index is 13.1. The molecule has 0 spiro atoms. The molecule has 166 valence electrons. The number of para-hydroxylation sites is 1. The number of nitrogens with zero attached hydrogens (tertiary/aromatic N) is 2. The van der Waals surface area contributed by atoms with Crippen molar-refractivity contribution >= 4 is 11.8 Å². The van der Waals surface area contributed by atoms with Crippen molar-refractivity contribution in [1.29, 1.82) is 0 Å². The van der Waals surface area contributed by atoms with Crippen molar-refractivity contribution in [2.45, 2.75) is 52.0 Å². The van der Waals surface area contributed by atoms with Gasteiger partial charge in [-0.25, -0.2) is 0 Å². The molecule has 0 radical (unpaired) electrons. The molecule has 6 nitrogen and oxygen atoms in total. The molecular weight excluding hydrogens is 378 g/mol. The van der Waals surface area contributed by atoms with Crippen LogP contribution < -0.4 is 10.1 Å². The van der Waals surface area contributed by atoms with Gasteiger partial charge in [0.2, 0.25) is 5.91 Å². The average Bonchev–Trinajstić information content (AvgIpc) is 3.31. The number of benzene rings is 1. The predicted molar refractivity (Wildman–Crippen MR) is 119 cm³/mol. The molecule has 2 fully saturated rings. The van der Waals surface area contributed by atoms with Crippen LogP contribution >= 0.6 is 0 Å². The monoisotopic (exact) mass is 415 g/mol. The molecule has 30 heavy (non-hydrogen) atoms. The summed E-state index contributed by atoms with van der Waals surface area (Å²) in [4.78, 5) is 30.3. The van der Waals surface area contributed by atoms with Crippen molar-refractivity contribution in [3.63, 3.8) is 0 Å². The van der Waals surface area contributed by atoms with E-state index in [1.807, 2.05) is 29.2 Å². The Morgan fingerprint density at radius 2 is 1.80 bits per heavy atom. The van der Waals surface area contributed by atoms with Gasteiger partial charge < -0.3 is 15.0 Å². The summed E-state index contributed by atoms with van der Waals surface area (Å²) >= 11 is 0. The maximum absolute atomic E-state index is 13.1. The Morgan fingerprint density at radius 3 is 2.43 bits per heavy atom. The lowest BCUT2D eigenvalue weighted by atomic mass is 9.94. The van der Waals surface area contributed by atoms with Crippen LogP contribution in [0, 0.1) is 11.8 Å². The van der Waals surface area contributed by atoms with Gasteiger partial charge in [-0.05, 0) is 36.8 Å². The van der Waals surface area contributed by atoms with Gasteiger partial charge in [0, 0.05) is 32.7 Å². The van der Waals surface area contributed by atoms with Gasteiger partial charge in [0.1, 0.15) is 5.75 Å². The van der Waals surface area contributed by atoms with Gasteiger partial charge >= 0.3 is 0 Å². The Kier molecular flexibility index (Phi) is 8.14. The first-order chi connectivity index (χ1) is 14.5. The number of rotatable bonds is 8. The second-order valence-electron chi connectivity index (χ2n) is 8.78. The molecule has 1 aromatic carbocycles. The summed E-state index contributed by atoms with van der Waals surface area (Å²) in [7, 11) is 1.59. The number of piperazine rings is 1. The molecule has 2 aliphatic rings. The van der Waals surface area contributed by atoms with Crippen LogP contribution in [-0.2, 0) is 4.79 Å². The van der Waals surface area contributed by atoms with Crippen LogP contribution in [0.25, 0.3) is 0 Å². The Labute approximate surface area is 180 Å². The zero-order valence-corrected chi connectivity index (χ0v) is 18.7. The molecule has 1 aliphatic heterocycles. The Bertz CT molecular complexity index is 709. The smallest absolute Gasteiger partial charge is 0.257 e. The third-order valence-corrected chi connectivity index (χ3v) is 6.77. The standard InChI is InChI=1S/C24H37N3O3/c1-4-18(2)17-25-23(28)22(19-9-5-6-10-19)26-13-15-27(16-14-26)24(29)20-11-7-8-12-21(20)30-3/h7-8,11-12,18-19,22H,4-6,9-10,13-17H2,1-3H3,(H,25,28). The minimum atomic E-state index is -0.0694. The van der Waals surface area contributed by atoms with E-state index < -0.39 is 0 Å². The number of ether oxygens (including phenoxy) is 1. The van der Waals surface area contributed by atoms with Crippen molar-refractivity contribution in [3.8, 4) is 5.75 Å². The van der Waals surface area contributed by atoms with Crippen LogP contribution in [0.5, 0.6) is 5.75 Å². The first-order valence-corrected chi connectivity index (χ1v) is 11.5. The van der Waals surface area contributed by atoms with E-state index in [-0.39, 0.29) is 17.9 Å². The van der Waals surface area contributed by atoms with E-state index in [1.165, 1.54) is 12.8 Å². The van der Waals surface area contributed by atoms with E-state index in [0.717, 1.165) is 38.9 Å². The molecule has 3 rings (SSSR count). The van der Waals surface area contributed by atoms with Crippen LogP contribution in [0.4, 0.5) is 0 Å². The molecule has 1 N–H and O–H groups in total. The fraction of sp³-hybridized carbons (Fsp3) is 0.667. The Balaban J connectivity index is 1.63. The highest BCUT2D eigenvalue weighted by molar-refractivity contribution is 5.97. The number of carbonyl (C=O) groups excluding carboxylic acids is 2. The summed E-state index contributed by atoms with van der Waals surface area (Å²) in [6.45, 7) is 7.82. The van der Waals surface area contributed by atoms with Gasteiger partial charge in [0.25, 0.3) is 5.91 Å². The van der Waals surface area contributed by atoms with Crippen molar-refractivity contribution < 1.29 is 14.3 Å². The van der Waals surface area contributed by atoms with Crippen molar-refractivity contribution in [2.24, 2.45) is 11.8 Å². The lowest BCUT2D eigenvalue weighted by molar-refractivity contribution is -0.129. The predicted octanol–water partition coefficient (Wildman–Crippen LogP) is 3.17. The molecule has 6 heteroatoms. The van der Waals surface area contributed by atoms with Gasteiger partial charge in [0.05, 0.1) is 18.7 Å². The van der Waals surface area contributed by atoms with E-state index >= 15 is 0 Å². The lowest BCUT2D eigenvalue weighted by Gasteiger charge is -2.41.